The van der Waals surface area contributed by atoms with E-state index in [1.165, 1.54) is 0 Å². The molecule has 92 valence electrons. The van der Waals surface area contributed by atoms with Crippen molar-refractivity contribution in [2.45, 2.75) is 13.1 Å². The molecule has 7 heteroatoms. The molecule has 1 amide bonds. The number of hydroxylamine groups is 1. The molecule has 0 aromatic heterocycles. The smallest absolute Gasteiger partial charge is 0.335 e. The lowest BCUT2D eigenvalue weighted by atomic mass is 10.1. The van der Waals surface area contributed by atoms with Gasteiger partial charge in [-0.25, -0.2) is 4.79 Å². The van der Waals surface area contributed by atoms with Crippen molar-refractivity contribution in [2.75, 3.05) is 0 Å². The zero-order valence-electron chi connectivity index (χ0n) is 8.67. The van der Waals surface area contributed by atoms with Gasteiger partial charge < -0.3 is 4.84 Å². The molecule has 1 aromatic carbocycles. The Morgan fingerprint density at radius 2 is 1.71 bits per heavy atom. The van der Waals surface area contributed by atoms with Crippen molar-refractivity contribution in [3.8, 4) is 0 Å². The highest BCUT2D eigenvalue weighted by Crippen LogP contribution is 2.29. The minimum Gasteiger partial charge on any atom is -0.335 e. The van der Waals surface area contributed by atoms with Crippen LogP contribution in [0.5, 0.6) is 0 Å². The predicted octanol–water partition coefficient (Wildman–Crippen LogP) is 1.91. The van der Waals surface area contributed by atoms with Gasteiger partial charge in [-0.1, -0.05) is 0 Å². The third-order valence-electron chi connectivity index (χ3n) is 1.74. The van der Waals surface area contributed by atoms with Crippen molar-refractivity contribution in [3.05, 3.63) is 35.4 Å². The lowest BCUT2D eigenvalue weighted by Gasteiger charge is -2.07. The SMILES string of the molecule is CC(=O)NOC(=O)c1ccc(C(F)(F)F)cc1. The number of hydrogen-bond donors (Lipinski definition) is 1. The van der Waals surface area contributed by atoms with E-state index in [0.29, 0.717) is 0 Å². The van der Waals surface area contributed by atoms with Gasteiger partial charge in [-0.3, -0.25) is 4.79 Å². The van der Waals surface area contributed by atoms with Crippen LogP contribution < -0.4 is 5.48 Å². The van der Waals surface area contributed by atoms with Crippen molar-refractivity contribution in [1.29, 1.82) is 0 Å². The van der Waals surface area contributed by atoms with Crippen molar-refractivity contribution in [2.24, 2.45) is 0 Å². The third kappa shape index (κ3) is 3.78. The van der Waals surface area contributed by atoms with Crippen LogP contribution in [-0.2, 0) is 15.8 Å². The lowest BCUT2D eigenvalue weighted by molar-refractivity contribution is -0.137. The summed E-state index contributed by atoms with van der Waals surface area (Å²) < 4.78 is 36.6. The molecular formula is C10H8F3NO3. The van der Waals surface area contributed by atoms with E-state index in [0.717, 1.165) is 31.2 Å². The van der Waals surface area contributed by atoms with Crippen LogP contribution in [0.1, 0.15) is 22.8 Å². The summed E-state index contributed by atoms with van der Waals surface area (Å²) in [5, 5.41) is 0. The van der Waals surface area contributed by atoms with Crippen LogP contribution in [0.25, 0.3) is 0 Å². The van der Waals surface area contributed by atoms with Crippen LogP contribution >= 0.6 is 0 Å². The molecule has 1 N–H and O–H groups in total. The maximum Gasteiger partial charge on any atom is 0.416 e. The number of carbonyl (C=O) groups is 2. The fourth-order valence-electron chi connectivity index (χ4n) is 0.972. The first kappa shape index (κ1) is 13.0. The molecule has 0 saturated heterocycles. The number of hydrogen-bond acceptors (Lipinski definition) is 3. The van der Waals surface area contributed by atoms with Gasteiger partial charge in [0.15, 0.2) is 0 Å². The summed E-state index contributed by atoms with van der Waals surface area (Å²) in [6.07, 6.45) is -4.46. The fourth-order valence-corrected chi connectivity index (χ4v) is 0.972. The molecule has 0 heterocycles. The Morgan fingerprint density at radius 3 is 2.12 bits per heavy atom. The minimum absolute atomic E-state index is 0.0910. The maximum absolute atomic E-state index is 12.2. The van der Waals surface area contributed by atoms with Gasteiger partial charge in [-0.05, 0) is 24.3 Å². The maximum atomic E-state index is 12.2. The number of alkyl halides is 3. The summed E-state index contributed by atoms with van der Waals surface area (Å²) in [6, 6.07) is 3.44. The number of benzene rings is 1. The largest absolute Gasteiger partial charge is 0.416 e. The van der Waals surface area contributed by atoms with E-state index in [2.05, 4.69) is 4.84 Å². The van der Waals surface area contributed by atoms with Gasteiger partial charge in [0.05, 0.1) is 11.1 Å². The highest BCUT2D eigenvalue weighted by atomic mass is 19.4. The molecule has 0 aliphatic carbocycles. The summed E-state index contributed by atoms with van der Waals surface area (Å²) in [5.74, 6) is -1.53. The van der Waals surface area contributed by atoms with Crippen LogP contribution in [0.2, 0.25) is 0 Å². The Balaban J connectivity index is 2.74. The Morgan fingerprint density at radius 1 is 1.18 bits per heavy atom. The Bertz CT molecular complexity index is 425. The first-order valence-electron chi connectivity index (χ1n) is 4.45. The van der Waals surface area contributed by atoms with Crippen molar-refractivity contribution < 1.29 is 27.6 Å². The summed E-state index contributed by atoms with van der Waals surface area (Å²) in [5.41, 5.74) is 0.820. The summed E-state index contributed by atoms with van der Waals surface area (Å²) in [6.45, 7) is 1.13. The highest BCUT2D eigenvalue weighted by molar-refractivity contribution is 5.90. The second kappa shape index (κ2) is 4.86. The first-order chi connectivity index (χ1) is 7.80. The molecule has 0 aliphatic heterocycles. The van der Waals surface area contributed by atoms with Crippen LogP contribution in [-0.4, -0.2) is 11.9 Å². The van der Waals surface area contributed by atoms with Crippen LogP contribution in [0, 0.1) is 0 Å². The van der Waals surface area contributed by atoms with Crippen molar-refractivity contribution in [1.82, 2.24) is 5.48 Å². The monoisotopic (exact) mass is 247 g/mol. The zero-order valence-corrected chi connectivity index (χ0v) is 8.67. The van der Waals surface area contributed by atoms with E-state index in [1.54, 1.807) is 5.48 Å². The van der Waals surface area contributed by atoms with Gasteiger partial charge in [0.1, 0.15) is 0 Å². The number of halogens is 3. The van der Waals surface area contributed by atoms with Gasteiger partial charge in [0.25, 0.3) is 0 Å². The van der Waals surface area contributed by atoms with Crippen LogP contribution in [0.3, 0.4) is 0 Å². The van der Waals surface area contributed by atoms with Gasteiger partial charge in [-0.2, -0.15) is 18.7 Å². The molecule has 0 fully saturated rings. The molecule has 1 rings (SSSR count). The van der Waals surface area contributed by atoms with E-state index in [9.17, 15) is 22.8 Å². The molecule has 0 atom stereocenters. The Labute approximate surface area is 94.3 Å². The van der Waals surface area contributed by atoms with Gasteiger partial charge in [-0.15, -0.1) is 0 Å². The number of nitrogens with one attached hydrogen (secondary N) is 1. The molecule has 0 radical (unpaired) electrons. The Hall–Kier alpha value is -2.05. The topological polar surface area (TPSA) is 55.4 Å². The molecule has 0 spiro atoms. The van der Waals surface area contributed by atoms with E-state index < -0.39 is 23.6 Å². The van der Waals surface area contributed by atoms with E-state index >= 15 is 0 Å². The molecule has 0 aliphatic rings. The summed E-state index contributed by atoms with van der Waals surface area (Å²) >= 11 is 0. The fraction of sp³-hybridized carbons (Fsp3) is 0.200. The standard InChI is InChI=1S/C10H8F3NO3/c1-6(15)14-17-9(16)7-2-4-8(5-3-7)10(11,12)13/h2-5H,1H3,(H,14,15). The minimum atomic E-state index is -4.46. The normalized spacial score (nSPS) is 10.8. The predicted molar refractivity (Wildman–Crippen MR) is 50.7 cm³/mol. The molecule has 17 heavy (non-hydrogen) atoms. The highest BCUT2D eigenvalue weighted by Gasteiger charge is 2.30. The molecule has 1 aromatic rings. The van der Waals surface area contributed by atoms with Crippen molar-refractivity contribution >= 4 is 11.9 Å². The lowest BCUT2D eigenvalue weighted by Crippen LogP contribution is -2.24. The average Bonchev–Trinajstić information content (AvgIpc) is 2.25. The van der Waals surface area contributed by atoms with E-state index in [1.807, 2.05) is 0 Å². The van der Waals surface area contributed by atoms with Crippen LogP contribution in [0.15, 0.2) is 24.3 Å². The molecule has 0 unspecified atom stereocenters. The van der Waals surface area contributed by atoms with Gasteiger partial charge in [0.2, 0.25) is 5.91 Å². The second-order valence-electron chi connectivity index (χ2n) is 3.12. The summed E-state index contributed by atoms with van der Waals surface area (Å²) in [7, 11) is 0. The van der Waals surface area contributed by atoms with Crippen molar-refractivity contribution in [3.63, 3.8) is 0 Å². The van der Waals surface area contributed by atoms with E-state index in [-0.39, 0.29) is 5.56 Å². The van der Waals surface area contributed by atoms with Gasteiger partial charge >= 0.3 is 12.1 Å². The molecule has 4 nitrogen and oxygen atoms in total. The first-order valence-corrected chi connectivity index (χ1v) is 4.45. The van der Waals surface area contributed by atoms with E-state index in [4.69, 9.17) is 0 Å². The Kier molecular flexibility index (Phi) is 3.72. The molecule has 0 saturated carbocycles. The van der Waals surface area contributed by atoms with Gasteiger partial charge in [0, 0.05) is 6.92 Å². The number of rotatable bonds is 1. The molecular weight excluding hydrogens is 239 g/mol. The number of amides is 1. The second-order valence-corrected chi connectivity index (χ2v) is 3.12. The van der Waals surface area contributed by atoms with Crippen LogP contribution in [0.4, 0.5) is 13.2 Å². The summed E-state index contributed by atoms with van der Waals surface area (Å²) in [4.78, 5) is 25.9. The third-order valence-corrected chi connectivity index (χ3v) is 1.74. The average molecular weight is 247 g/mol. The molecule has 0 bridgehead atoms. The zero-order chi connectivity index (χ0) is 13.1. The quantitative estimate of drug-likeness (QED) is 0.771. The number of carbonyl (C=O) groups excluding carboxylic acids is 2.